The molecule has 1 amide bonds. The second-order valence-electron chi connectivity index (χ2n) is 5.13. The van der Waals surface area contributed by atoms with E-state index < -0.39 is 0 Å². The lowest BCUT2D eigenvalue weighted by molar-refractivity contribution is -0.128. The van der Waals surface area contributed by atoms with Crippen molar-refractivity contribution in [2.75, 3.05) is 13.2 Å². The van der Waals surface area contributed by atoms with Gasteiger partial charge in [0.1, 0.15) is 0 Å². The quantitative estimate of drug-likeness (QED) is 0.924. The van der Waals surface area contributed by atoms with E-state index in [1.807, 2.05) is 12.1 Å². The molecule has 0 unspecified atom stereocenters. The molecule has 0 spiro atoms. The van der Waals surface area contributed by atoms with Crippen LogP contribution in [0.2, 0.25) is 0 Å². The second-order valence-corrected chi connectivity index (χ2v) is 6.04. The van der Waals surface area contributed by atoms with Gasteiger partial charge in [-0.05, 0) is 43.9 Å². The topological polar surface area (TPSA) is 38.3 Å². The molecule has 0 aliphatic carbocycles. The van der Waals surface area contributed by atoms with Gasteiger partial charge in [0.15, 0.2) is 0 Å². The number of carbonyl (C=O) groups excluding carboxylic acids is 1. The molecule has 0 radical (unpaired) electrons. The SMILES string of the molecule is C[C@H](Cc1ccc(Br)cc1)NC(=O)C1CCOCC1. The van der Waals surface area contributed by atoms with Crippen LogP contribution in [0.5, 0.6) is 0 Å². The molecule has 1 aliphatic rings. The summed E-state index contributed by atoms with van der Waals surface area (Å²) in [6.45, 7) is 3.47. The number of hydrogen-bond donors (Lipinski definition) is 1. The molecule has 1 saturated heterocycles. The third kappa shape index (κ3) is 4.62. The zero-order valence-electron chi connectivity index (χ0n) is 11.2. The fourth-order valence-electron chi connectivity index (χ4n) is 2.35. The van der Waals surface area contributed by atoms with Crippen LogP contribution in [0, 0.1) is 5.92 Å². The summed E-state index contributed by atoms with van der Waals surface area (Å²) in [5.41, 5.74) is 1.24. The molecule has 2 rings (SSSR count). The van der Waals surface area contributed by atoms with Crippen LogP contribution in [0.1, 0.15) is 25.3 Å². The highest BCUT2D eigenvalue weighted by atomic mass is 79.9. The van der Waals surface area contributed by atoms with Crippen LogP contribution < -0.4 is 5.32 Å². The molecule has 1 aliphatic heterocycles. The first kappa shape index (κ1) is 14.5. The number of rotatable bonds is 4. The molecule has 0 aromatic heterocycles. The maximum atomic E-state index is 12.1. The highest BCUT2D eigenvalue weighted by Crippen LogP contribution is 2.16. The maximum Gasteiger partial charge on any atom is 0.223 e. The highest BCUT2D eigenvalue weighted by molar-refractivity contribution is 9.10. The van der Waals surface area contributed by atoms with E-state index in [0.717, 1.165) is 23.7 Å². The minimum Gasteiger partial charge on any atom is -0.381 e. The molecule has 0 bridgehead atoms. The van der Waals surface area contributed by atoms with Crippen molar-refractivity contribution in [3.8, 4) is 0 Å². The minimum absolute atomic E-state index is 0.126. The summed E-state index contributed by atoms with van der Waals surface area (Å²) in [5.74, 6) is 0.300. The summed E-state index contributed by atoms with van der Waals surface area (Å²) in [6.07, 6.45) is 2.55. The van der Waals surface area contributed by atoms with Gasteiger partial charge < -0.3 is 10.1 Å². The van der Waals surface area contributed by atoms with Crippen LogP contribution in [0.3, 0.4) is 0 Å². The summed E-state index contributed by atoms with van der Waals surface area (Å²) in [5, 5.41) is 3.11. The van der Waals surface area contributed by atoms with E-state index in [1.165, 1.54) is 5.56 Å². The van der Waals surface area contributed by atoms with Crippen LogP contribution >= 0.6 is 15.9 Å². The van der Waals surface area contributed by atoms with Gasteiger partial charge in [0.25, 0.3) is 0 Å². The summed E-state index contributed by atoms with van der Waals surface area (Å²) in [6, 6.07) is 8.39. The Balaban J connectivity index is 1.81. The molecule has 3 nitrogen and oxygen atoms in total. The van der Waals surface area contributed by atoms with Crippen molar-refractivity contribution in [3.05, 3.63) is 34.3 Å². The Labute approximate surface area is 122 Å². The molecule has 1 aromatic carbocycles. The average molecular weight is 326 g/mol. The van der Waals surface area contributed by atoms with Crippen LogP contribution in [-0.2, 0) is 16.0 Å². The Kier molecular flexibility index (Phi) is 5.40. The number of nitrogens with one attached hydrogen (secondary N) is 1. The Morgan fingerprint density at radius 1 is 1.37 bits per heavy atom. The Bertz CT molecular complexity index is 413. The van der Waals surface area contributed by atoms with Crippen molar-refractivity contribution in [2.24, 2.45) is 5.92 Å². The Morgan fingerprint density at radius 3 is 2.63 bits per heavy atom. The van der Waals surface area contributed by atoms with Gasteiger partial charge >= 0.3 is 0 Å². The van der Waals surface area contributed by atoms with E-state index >= 15 is 0 Å². The maximum absolute atomic E-state index is 12.1. The highest BCUT2D eigenvalue weighted by Gasteiger charge is 2.22. The predicted octanol–water partition coefficient (Wildman–Crippen LogP) is 2.92. The van der Waals surface area contributed by atoms with Crippen molar-refractivity contribution >= 4 is 21.8 Å². The zero-order valence-corrected chi connectivity index (χ0v) is 12.8. The predicted molar refractivity (Wildman–Crippen MR) is 79.0 cm³/mol. The summed E-state index contributed by atoms with van der Waals surface area (Å²) < 4.78 is 6.36. The van der Waals surface area contributed by atoms with E-state index in [1.54, 1.807) is 0 Å². The number of ether oxygens (including phenoxy) is 1. The lowest BCUT2D eigenvalue weighted by Crippen LogP contribution is -2.40. The number of amides is 1. The van der Waals surface area contributed by atoms with Crippen molar-refractivity contribution < 1.29 is 9.53 Å². The molecule has 1 fully saturated rings. The van der Waals surface area contributed by atoms with E-state index in [-0.39, 0.29) is 17.9 Å². The van der Waals surface area contributed by atoms with Crippen molar-refractivity contribution in [3.63, 3.8) is 0 Å². The van der Waals surface area contributed by atoms with Crippen LogP contribution in [0.15, 0.2) is 28.7 Å². The molecular weight excluding hydrogens is 306 g/mol. The third-order valence-electron chi connectivity index (χ3n) is 3.44. The van der Waals surface area contributed by atoms with Crippen molar-refractivity contribution in [1.29, 1.82) is 0 Å². The van der Waals surface area contributed by atoms with Crippen LogP contribution in [0.25, 0.3) is 0 Å². The molecule has 1 heterocycles. The standard InChI is InChI=1S/C15H20BrNO2/c1-11(10-12-2-4-14(16)5-3-12)17-15(18)13-6-8-19-9-7-13/h2-5,11,13H,6-10H2,1H3,(H,17,18)/t11-/m1/s1. The third-order valence-corrected chi connectivity index (χ3v) is 3.96. The lowest BCUT2D eigenvalue weighted by Gasteiger charge is -2.23. The molecule has 1 N–H and O–H groups in total. The molecule has 1 aromatic rings. The van der Waals surface area contributed by atoms with Gasteiger partial charge in [-0.1, -0.05) is 28.1 Å². The molecule has 4 heteroatoms. The van der Waals surface area contributed by atoms with E-state index in [4.69, 9.17) is 4.74 Å². The van der Waals surface area contributed by atoms with Gasteiger partial charge in [0.05, 0.1) is 0 Å². The first-order chi connectivity index (χ1) is 9.15. The largest absolute Gasteiger partial charge is 0.381 e. The first-order valence-electron chi connectivity index (χ1n) is 6.77. The Morgan fingerprint density at radius 2 is 2.00 bits per heavy atom. The molecule has 19 heavy (non-hydrogen) atoms. The van der Waals surface area contributed by atoms with Gasteiger partial charge in [0, 0.05) is 29.6 Å². The van der Waals surface area contributed by atoms with Gasteiger partial charge in [-0.3, -0.25) is 4.79 Å². The summed E-state index contributed by atoms with van der Waals surface area (Å²) in [4.78, 5) is 12.1. The Hall–Kier alpha value is -0.870. The molecular formula is C15H20BrNO2. The second kappa shape index (κ2) is 7.06. The minimum atomic E-state index is 0.126. The van der Waals surface area contributed by atoms with Crippen LogP contribution in [0.4, 0.5) is 0 Å². The van der Waals surface area contributed by atoms with E-state index in [9.17, 15) is 4.79 Å². The average Bonchev–Trinajstić information content (AvgIpc) is 2.42. The van der Waals surface area contributed by atoms with Crippen LogP contribution in [-0.4, -0.2) is 25.2 Å². The van der Waals surface area contributed by atoms with Crippen molar-refractivity contribution in [1.82, 2.24) is 5.32 Å². The fourth-order valence-corrected chi connectivity index (χ4v) is 2.61. The summed E-state index contributed by atoms with van der Waals surface area (Å²) in [7, 11) is 0. The lowest BCUT2D eigenvalue weighted by atomic mass is 9.98. The zero-order chi connectivity index (χ0) is 13.7. The molecule has 1 atom stereocenters. The molecule has 104 valence electrons. The van der Waals surface area contributed by atoms with E-state index in [0.29, 0.717) is 13.2 Å². The summed E-state index contributed by atoms with van der Waals surface area (Å²) >= 11 is 3.42. The fraction of sp³-hybridized carbons (Fsp3) is 0.533. The number of hydrogen-bond acceptors (Lipinski definition) is 2. The number of benzene rings is 1. The monoisotopic (exact) mass is 325 g/mol. The number of halogens is 1. The number of carbonyl (C=O) groups is 1. The smallest absolute Gasteiger partial charge is 0.223 e. The van der Waals surface area contributed by atoms with Gasteiger partial charge in [0.2, 0.25) is 5.91 Å². The normalized spacial score (nSPS) is 18.0. The molecule has 0 saturated carbocycles. The van der Waals surface area contributed by atoms with E-state index in [2.05, 4.69) is 40.3 Å². The van der Waals surface area contributed by atoms with Gasteiger partial charge in [-0.25, -0.2) is 0 Å². The first-order valence-corrected chi connectivity index (χ1v) is 7.57. The van der Waals surface area contributed by atoms with Gasteiger partial charge in [-0.2, -0.15) is 0 Å². The van der Waals surface area contributed by atoms with Crippen molar-refractivity contribution in [2.45, 2.75) is 32.2 Å². The van der Waals surface area contributed by atoms with Gasteiger partial charge in [-0.15, -0.1) is 0 Å².